The zero-order valence-corrected chi connectivity index (χ0v) is 31.2. The Balaban J connectivity index is 1.14. The molecule has 4 aromatic heterocycles. The van der Waals surface area contributed by atoms with E-state index >= 15 is 0 Å². The van der Waals surface area contributed by atoms with Crippen LogP contribution in [0, 0.1) is 0 Å². The second-order valence-electron chi connectivity index (χ2n) is 14.4. The fourth-order valence-corrected chi connectivity index (χ4v) is 9.66. The SMILES string of the molecule is c1ccc(-c2cc(-n3c4ccccc4c4ccc5c6ccccc6sc5c43)c3c(c2)oc2cc(-c4nc(-c5ccccc5)nc(-c5ccccc5)n4)ccc23)cc1. The van der Waals surface area contributed by atoms with Crippen LogP contribution in [0.4, 0.5) is 0 Å². The van der Waals surface area contributed by atoms with Crippen molar-refractivity contribution < 1.29 is 4.42 Å². The number of fused-ring (bicyclic) bond motifs is 10. The molecule has 57 heavy (non-hydrogen) atoms. The van der Waals surface area contributed by atoms with Gasteiger partial charge in [0.05, 0.1) is 26.8 Å². The van der Waals surface area contributed by atoms with Crippen LogP contribution in [0.3, 0.4) is 0 Å². The van der Waals surface area contributed by atoms with E-state index in [0.29, 0.717) is 17.5 Å². The fourth-order valence-electron chi connectivity index (χ4n) is 8.42. The molecule has 12 aromatic rings. The summed E-state index contributed by atoms with van der Waals surface area (Å²) in [5, 5.41) is 7.09. The van der Waals surface area contributed by atoms with E-state index in [0.717, 1.165) is 61.0 Å². The standard InChI is InChI=1S/C51H30N4OS/c1-4-14-31(15-5-1)35-28-42(55-41-22-12-10-20-36(41)38-26-27-39-37-21-11-13-23-45(37)57-48(39)47(38)55)46-40-25-24-34(29-43(40)56-44(46)30-35)51-53-49(32-16-6-2-7-17-32)52-50(54-51)33-18-8-3-9-19-33/h1-30H. The van der Waals surface area contributed by atoms with E-state index in [1.807, 2.05) is 72.0 Å². The van der Waals surface area contributed by atoms with Crippen molar-refractivity contribution in [3.8, 4) is 51.0 Å². The van der Waals surface area contributed by atoms with Crippen LogP contribution in [0.15, 0.2) is 186 Å². The summed E-state index contributed by atoms with van der Waals surface area (Å²) < 4.78 is 12.0. The molecule has 0 bridgehead atoms. The van der Waals surface area contributed by atoms with Crippen molar-refractivity contribution in [2.45, 2.75) is 0 Å². The summed E-state index contributed by atoms with van der Waals surface area (Å²) in [6, 6.07) is 63.7. The van der Waals surface area contributed by atoms with Crippen LogP contribution in [-0.2, 0) is 0 Å². The molecule has 12 rings (SSSR count). The van der Waals surface area contributed by atoms with E-state index in [1.54, 1.807) is 0 Å². The zero-order chi connectivity index (χ0) is 37.5. The lowest BCUT2D eigenvalue weighted by atomic mass is 10.0. The summed E-state index contributed by atoms with van der Waals surface area (Å²) in [7, 11) is 0. The molecule has 0 aliphatic heterocycles. The zero-order valence-electron chi connectivity index (χ0n) is 30.4. The van der Waals surface area contributed by atoms with Crippen molar-refractivity contribution in [1.82, 2.24) is 19.5 Å². The highest BCUT2D eigenvalue weighted by Crippen LogP contribution is 2.46. The Morgan fingerprint density at radius 2 is 0.965 bits per heavy atom. The van der Waals surface area contributed by atoms with Gasteiger partial charge in [-0.1, -0.05) is 146 Å². The van der Waals surface area contributed by atoms with Crippen LogP contribution in [0.1, 0.15) is 0 Å². The van der Waals surface area contributed by atoms with Crippen LogP contribution in [0.2, 0.25) is 0 Å². The second kappa shape index (κ2) is 12.6. The Kier molecular flexibility index (Phi) is 7.03. The first-order chi connectivity index (χ1) is 28.2. The van der Waals surface area contributed by atoms with E-state index in [9.17, 15) is 0 Å². The molecule has 0 saturated heterocycles. The Hall–Kier alpha value is -7.41. The van der Waals surface area contributed by atoms with Crippen LogP contribution in [-0.4, -0.2) is 19.5 Å². The highest BCUT2D eigenvalue weighted by molar-refractivity contribution is 7.26. The highest BCUT2D eigenvalue weighted by atomic mass is 32.1. The van der Waals surface area contributed by atoms with Gasteiger partial charge >= 0.3 is 0 Å². The Bertz CT molecular complexity index is 3460. The number of hydrogen-bond acceptors (Lipinski definition) is 5. The number of nitrogens with zero attached hydrogens (tertiary/aromatic N) is 4. The predicted octanol–water partition coefficient (Wildman–Crippen LogP) is 13.9. The van der Waals surface area contributed by atoms with Crippen molar-refractivity contribution >= 4 is 75.3 Å². The van der Waals surface area contributed by atoms with Gasteiger partial charge in [-0.2, -0.15) is 0 Å². The smallest absolute Gasteiger partial charge is 0.164 e. The molecule has 0 fully saturated rings. The number of thiophene rings is 1. The molecular formula is C51H30N4OS. The first-order valence-electron chi connectivity index (χ1n) is 19.0. The van der Waals surface area contributed by atoms with Crippen LogP contribution in [0.5, 0.6) is 0 Å². The maximum absolute atomic E-state index is 6.92. The number of furan rings is 1. The quantitative estimate of drug-likeness (QED) is 0.176. The molecule has 0 aliphatic rings. The van der Waals surface area contributed by atoms with E-state index < -0.39 is 0 Å². The molecule has 5 nitrogen and oxygen atoms in total. The molecule has 0 N–H and O–H groups in total. The molecule has 0 saturated carbocycles. The van der Waals surface area contributed by atoms with Gasteiger partial charge in [0.1, 0.15) is 11.2 Å². The van der Waals surface area contributed by atoms with Gasteiger partial charge in [0.15, 0.2) is 17.5 Å². The first kappa shape index (κ1) is 31.9. The summed E-state index contributed by atoms with van der Waals surface area (Å²) >= 11 is 1.86. The minimum absolute atomic E-state index is 0.588. The molecule has 4 heterocycles. The van der Waals surface area contributed by atoms with Gasteiger partial charge in [-0.25, -0.2) is 15.0 Å². The lowest BCUT2D eigenvalue weighted by molar-refractivity contribution is 0.669. The number of aromatic nitrogens is 4. The molecule has 266 valence electrons. The molecule has 0 amide bonds. The van der Waals surface area contributed by atoms with Gasteiger partial charge in [0.2, 0.25) is 0 Å². The Morgan fingerprint density at radius 1 is 0.404 bits per heavy atom. The van der Waals surface area contributed by atoms with Gasteiger partial charge in [0.25, 0.3) is 0 Å². The summed E-state index contributed by atoms with van der Waals surface area (Å²) in [5.41, 5.74) is 9.95. The van der Waals surface area contributed by atoms with Crippen molar-refractivity contribution in [3.05, 3.63) is 182 Å². The minimum Gasteiger partial charge on any atom is -0.456 e. The van der Waals surface area contributed by atoms with Crippen molar-refractivity contribution in [2.75, 3.05) is 0 Å². The molecule has 0 unspecified atom stereocenters. The Morgan fingerprint density at radius 3 is 1.68 bits per heavy atom. The molecule has 0 aliphatic carbocycles. The topological polar surface area (TPSA) is 56.7 Å². The predicted molar refractivity (Wildman–Crippen MR) is 236 cm³/mol. The lowest BCUT2D eigenvalue weighted by Gasteiger charge is -2.13. The minimum atomic E-state index is 0.588. The molecule has 8 aromatic carbocycles. The Labute approximate surface area is 330 Å². The molecular weight excluding hydrogens is 717 g/mol. The third kappa shape index (κ3) is 5.04. The normalized spacial score (nSPS) is 11.9. The number of benzene rings is 8. The second-order valence-corrected chi connectivity index (χ2v) is 15.4. The summed E-state index contributed by atoms with van der Waals surface area (Å²) in [6.45, 7) is 0. The maximum Gasteiger partial charge on any atom is 0.164 e. The van der Waals surface area contributed by atoms with Gasteiger partial charge in [-0.05, 0) is 47.5 Å². The molecule has 6 heteroatoms. The van der Waals surface area contributed by atoms with E-state index in [1.165, 1.54) is 36.5 Å². The lowest BCUT2D eigenvalue weighted by Crippen LogP contribution is -2.00. The average molecular weight is 747 g/mol. The highest BCUT2D eigenvalue weighted by Gasteiger charge is 2.23. The van der Waals surface area contributed by atoms with Gasteiger partial charge < -0.3 is 8.98 Å². The summed E-state index contributed by atoms with van der Waals surface area (Å²) in [5.74, 6) is 1.83. The summed E-state index contributed by atoms with van der Waals surface area (Å²) in [6.07, 6.45) is 0. The van der Waals surface area contributed by atoms with Crippen LogP contribution in [0.25, 0.3) is 115 Å². The van der Waals surface area contributed by atoms with Gasteiger partial charge in [0, 0.05) is 48.3 Å². The van der Waals surface area contributed by atoms with Crippen LogP contribution >= 0.6 is 11.3 Å². The fraction of sp³-hybridized carbons (Fsp3) is 0. The van der Waals surface area contributed by atoms with Crippen molar-refractivity contribution in [2.24, 2.45) is 0 Å². The number of para-hydroxylation sites is 1. The third-order valence-corrected chi connectivity index (χ3v) is 12.2. The summed E-state index contributed by atoms with van der Waals surface area (Å²) in [4.78, 5) is 15.0. The molecule has 0 radical (unpaired) electrons. The van der Waals surface area contributed by atoms with Gasteiger partial charge in [-0.3, -0.25) is 0 Å². The number of hydrogen-bond donors (Lipinski definition) is 0. The first-order valence-corrected chi connectivity index (χ1v) is 19.8. The van der Waals surface area contributed by atoms with E-state index in [-0.39, 0.29) is 0 Å². The third-order valence-electron chi connectivity index (χ3n) is 11.0. The van der Waals surface area contributed by atoms with Crippen LogP contribution < -0.4 is 0 Å². The van der Waals surface area contributed by atoms with E-state index in [2.05, 4.69) is 126 Å². The van der Waals surface area contributed by atoms with Gasteiger partial charge in [-0.15, -0.1) is 11.3 Å². The largest absolute Gasteiger partial charge is 0.456 e. The van der Waals surface area contributed by atoms with Crippen molar-refractivity contribution in [3.63, 3.8) is 0 Å². The maximum atomic E-state index is 6.92. The average Bonchev–Trinajstić information content (AvgIpc) is 3.96. The molecule has 0 atom stereocenters. The van der Waals surface area contributed by atoms with Crippen molar-refractivity contribution in [1.29, 1.82) is 0 Å². The van der Waals surface area contributed by atoms with E-state index in [4.69, 9.17) is 19.4 Å². The monoisotopic (exact) mass is 746 g/mol. The molecule has 0 spiro atoms. The number of rotatable bonds is 5.